The van der Waals surface area contributed by atoms with Crippen molar-refractivity contribution >= 4 is 11.9 Å². The summed E-state index contributed by atoms with van der Waals surface area (Å²) < 4.78 is 10.6. The number of aliphatic hydroxyl groups excluding tert-OH is 1. The van der Waals surface area contributed by atoms with Gasteiger partial charge in [-0.25, -0.2) is 0 Å². The van der Waals surface area contributed by atoms with E-state index in [0.717, 1.165) is 83.5 Å². The molecule has 1 unspecified atom stereocenters. The fourth-order valence-corrected chi connectivity index (χ4v) is 5.97. The van der Waals surface area contributed by atoms with Crippen LogP contribution in [-0.2, 0) is 19.1 Å². The maximum atomic E-state index is 12.2. The van der Waals surface area contributed by atoms with Gasteiger partial charge in [-0.2, -0.15) is 0 Å². The molecule has 0 fully saturated rings. The summed E-state index contributed by atoms with van der Waals surface area (Å²) in [4.78, 5) is 24.3. The molecule has 0 aliphatic carbocycles. The monoisotopic (exact) mass is 739 g/mol. The van der Waals surface area contributed by atoms with Gasteiger partial charge in [0.05, 0.1) is 6.61 Å². The molecule has 0 radical (unpaired) electrons. The van der Waals surface area contributed by atoms with Gasteiger partial charge in [0.15, 0.2) is 6.10 Å². The third-order valence-electron chi connectivity index (χ3n) is 9.26. The van der Waals surface area contributed by atoms with Gasteiger partial charge in [0.25, 0.3) is 0 Å². The van der Waals surface area contributed by atoms with Crippen molar-refractivity contribution in [2.24, 2.45) is 0 Å². The first kappa shape index (κ1) is 50.3. The van der Waals surface area contributed by atoms with Crippen LogP contribution in [0.4, 0.5) is 0 Å². The van der Waals surface area contributed by atoms with Gasteiger partial charge < -0.3 is 14.6 Å². The third-order valence-corrected chi connectivity index (χ3v) is 9.26. The number of hydrogen-bond donors (Lipinski definition) is 1. The van der Waals surface area contributed by atoms with Crippen molar-refractivity contribution in [1.82, 2.24) is 0 Å². The SMILES string of the molecule is CC/C=C\C/C=C\C/C=C\C/C=C\C/C=C\C/C=C\CCCCCCCCC(=O)OC(CO)COC(=O)CCCCCCCCCCCCCCCC. The standard InChI is InChI=1S/C48H82O5/c1-3-5-7-9-11-13-15-17-19-20-21-22-23-24-25-26-27-28-29-31-33-35-37-39-41-43-48(51)53-46(44-49)45-52-47(50)42-40-38-36-34-32-30-18-16-14-12-10-8-6-4-2/h5,7,11,13,17,19,21-22,24-25,27-28,46,49H,3-4,6,8-10,12,14-16,18,20,23,26,29-45H2,1-2H3/b7-5-,13-11-,19-17-,22-21-,25-24-,28-27-. The Morgan fingerprint density at radius 1 is 0.453 bits per heavy atom. The summed E-state index contributed by atoms with van der Waals surface area (Å²) in [5.41, 5.74) is 0. The molecule has 1 N–H and O–H groups in total. The number of ether oxygens (including phenoxy) is 2. The second-order valence-corrected chi connectivity index (χ2v) is 14.4. The topological polar surface area (TPSA) is 72.8 Å². The van der Waals surface area contributed by atoms with Gasteiger partial charge in [0, 0.05) is 12.8 Å². The predicted octanol–water partition coefficient (Wildman–Crippen LogP) is 14.1. The van der Waals surface area contributed by atoms with Crippen LogP contribution in [-0.4, -0.2) is 36.4 Å². The van der Waals surface area contributed by atoms with Crippen molar-refractivity contribution in [3.63, 3.8) is 0 Å². The number of aliphatic hydroxyl groups is 1. The molecule has 1 atom stereocenters. The van der Waals surface area contributed by atoms with Gasteiger partial charge in [-0.3, -0.25) is 9.59 Å². The Labute approximate surface area is 327 Å². The highest BCUT2D eigenvalue weighted by molar-refractivity contribution is 5.70. The molecular weight excluding hydrogens is 657 g/mol. The minimum Gasteiger partial charge on any atom is -0.462 e. The Kier molecular flexibility index (Phi) is 41.5. The second kappa shape index (κ2) is 43.7. The van der Waals surface area contributed by atoms with Crippen LogP contribution in [0.25, 0.3) is 0 Å². The maximum absolute atomic E-state index is 12.2. The molecule has 0 rings (SSSR count). The Hall–Kier alpha value is -2.66. The highest BCUT2D eigenvalue weighted by Gasteiger charge is 2.16. The lowest BCUT2D eigenvalue weighted by atomic mass is 10.0. The predicted molar refractivity (Wildman–Crippen MR) is 228 cm³/mol. The van der Waals surface area contributed by atoms with E-state index in [2.05, 4.69) is 86.8 Å². The molecule has 0 spiro atoms. The number of hydrogen-bond acceptors (Lipinski definition) is 5. The van der Waals surface area contributed by atoms with E-state index in [9.17, 15) is 14.7 Å². The highest BCUT2D eigenvalue weighted by atomic mass is 16.6. The quantitative estimate of drug-likeness (QED) is 0.0386. The zero-order chi connectivity index (χ0) is 38.6. The van der Waals surface area contributed by atoms with E-state index in [1.165, 1.54) is 89.9 Å². The van der Waals surface area contributed by atoms with Gasteiger partial charge in [0.2, 0.25) is 0 Å². The van der Waals surface area contributed by atoms with E-state index >= 15 is 0 Å². The van der Waals surface area contributed by atoms with Crippen molar-refractivity contribution in [2.45, 2.75) is 206 Å². The summed E-state index contributed by atoms with van der Waals surface area (Å²) in [5.74, 6) is -0.607. The van der Waals surface area contributed by atoms with Crippen molar-refractivity contribution < 1.29 is 24.2 Å². The zero-order valence-electron chi connectivity index (χ0n) is 34.5. The fourth-order valence-electron chi connectivity index (χ4n) is 5.97. The minimum atomic E-state index is -0.781. The number of esters is 2. The van der Waals surface area contributed by atoms with Crippen LogP contribution in [0, 0.1) is 0 Å². The number of rotatable bonds is 39. The Bertz CT molecular complexity index is 972. The van der Waals surface area contributed by atoms with Gasteiger partial charge >= 0.3 is 11.9 Å². The van der Waals surface area contributed by atoms with Crippen molar-refractivity contribution in [2.75, 3.05) is 13.2 Å². The van der Waals surface area contributed by atoms with Crippen LogP contribution in [0.15, 0.2) is 72.9 Å². The van der Waals surface area contributed by atoms with Crippen LogP contribution in [0.2, 0.25) is 0 Å². The summed E-state index contributed by atoms with van der Waals surface area (Å²) in [5, 5.41) is 9.58. The average molecular weight is 739 g/mol. The average Bonchev–Trinajstić information content (AvgIpc) is 3.16. The molecular formula is C48H82O5. The first-order valence-corrected chi connectivity index (χ1v) is 22.0. The first-order chi connectivity index (χ1) is 26.1. The number of unbranched alkanes of at least 4 members (excludes halogenated alkanes) is 19. The van der Waals surface area contributed by atoms with Crippen LogP contribution in [0.5, 0.6) is 0 Å². The molecule has 53 heavy (non-hydrogen) atoms. The molecule has 0 saturated carbocycles. The summed E-state index contributed by atoms with van der Waals surface area (Å²) in [6.45, 7) is 4.01. The molecule has 0 aliphatic rings. The van der Waals surface area contributed by atoms with Crippen molar-refractivity contribution in [3.8, 4) is 0 Å². The van der Waals surface area contributed by atoms with Gasteiger partial charge in [-0.1, -0.05) is 196 Å². The number of carbonyl (C=O) groups is 2. The van der Waals surface area contributed by atoms with E-state index in [0.29, 0.717) is 12.8 Å². The van der Waals surface area contributed by atoms with E-state index in [1.54, 1.807) is 0 Å². The third kappa shape index (κ3) is 42.0. The lowest BCUT2D eigenvalue weighted by Gasteiger charge is -2.15. The summed E-state index contributed by atoms with van der Waals surface area (Å²) in [7, 11) is 0. The highest BCUT2D eigenvalue weighted by Crippen LogP contribution is 2.14. The zero-order valence-corrected chi connectivity index (χ0v) is 34.5. The van der Waals surface area contributed by atoms with Gasteiger partial charge in [0.1, 0.15) is 6.61 Å². The van der Waals surface area contributed by atoms with E-state index in [1.807, 2.05) is 0 Å². The Morgan fingerprint density at radius 2 is 0.811 bits per heavy atom. The smallest absolute Gasteiger partial charge is 0.306 e. The number of carbonyl (C=O) groups excluding carboxylic acids is 2. The summed E-state index contributed by atoms with van der Waals surface area (Å²) in [6, 6.07) is 0. The lowest BCUT2D eigenvalue weighted by Crippen LogP contribution is -2.28. The fraction of sp³-hybridized carbons (Fsp3) is 0.708. The molecule has 304 valence electrons. The molecule has 0 aromatic rings. The molecule has 0 bridgehead atoms. The largest absolute Gasteiger partial charge is 0.462 e. The van der Waals surface area contributed by atoms with Crippen LogP contribution >= 0.6 is 0 Å². The van der Waals surface area contributed by atoms with Crippen molar-refractivity contribution in [1.29, 1.82) is 0 Å². The molecule has 0 heterocycles. The normalized spacial score (nSPS) is 12.9. The van der Waals surface area contributed by atoms with E-state index < -0.39 is 6.10 Å². The Balaban J connectivity index is 3.60. The van der Waals surface area contributed by atoms with E-state index in [-0.39, 0.29) is 25.2 Å². The molecule has 0 amide bonds. The van der Waals surface area contributed by atoms with Gasteiger partial charge in [-0.05, 0) is 64.2 Å². The van der Waals surface area contributed by atoms with Crippen LogP contribution in [0.3, 0.4) is 0 Å². The lowest BCUT2D eigenvalue weighted by molar-refractivity contribution is -0.161. The molecule has 5 nitrogen and oxygen atoms in total. The van der Waals surface area contributed by atoms with Crippen LogP contribution < -0.4 is 0 Å². The molecule has 5 heteroatoms. The van der Waals surface area contributed by atoms with Gasteiger partial charge in [-0.15, -0.1) is 0 Å². The van der Waals surface area contributed by atoms with Crippen molar-refractivity contribution in [3.05, 3.63) is 72.9 Å². The Morgan fingerprint density at radius 3 is 1.23 bits per heavy atom. The maximum Gasteiger partial charge on any atom is 0.306 e. The summed E-state index contributed by atoms with van der Waals surface area (Å²) >= 11 is 0. The summed E-state index contributed by atoms with van der Waals surface area (Å²) in [6.07, 6.45) is 58.2. The minimum absolute atomic E-state index is 0.0730. The van der Waals surface area contributed by atoms with E-state index in [4.69, 9.17) is 9.47 Å². The van der Waals surface area contributed by atoms with Crippen LogP contribution in [0.1, 0.15) is 200 Å². The molecule has 0 saturated heterocycles. The first-order valence-electron chi connectivity index (χ1n) is 22.0. The molecule has 0 aliphatic heterocycles. The number of allylic oxidation sites excluding steroid dienone is 12. The second-order valence-electron chi connectivity index (χ2n) is 14.4. The molecule has 0 aromatic carbocycles. The molecule has 0 aromatic heterocycles.